The first-order valence-electron chi connectivity index (χ1n) is 9.67. The number of halogens is 2. The van der Waals surface area contributed by atoms with Crippen LogP contribution in [-0.4, -0.2) is 27.2 Å². The number of carbonyl (C=O) groups excluding carboxylic acids is 1. The summed E-state index contributed by atoms with van der Waals surface area (Å²) >= 11 is 5.75. The van der Waals surface area contributed by atoms with Gasteiger partial charge in [-0.3, -0.25) is 4.79 Å². The fourth-order valence-corrected chi connectivity index (χ4v) is 3.78. The van der Waals surface area contributed by atoms with E-state index in [1.165, 1.54) is 12.1 Å². The van der Waals surface area contributed by atoms with E-state index in [1.54, 1.807) is 10.7 Å². The molecule has 3 aromatic rings. The number of carbonyl (C=O) groups is 1. The second-order valence-corrected chi connectivity index (χ2v) is 7.49. The van der Waals surface area contributed by atoms with Crippen molar-refractivity contribution < 1.29 is 13.9 Å². The van der Waals surface area contributed by atoms with Crippen molar-refractivity contribution in [3.63, 3.8) is 0 Å². The van der Waals surface area contributed by atoms with Crippen LogP contribution in [0.25, 0.3) is 11.4 Å². The quantitative estimate of drug-likeness (QED) is 0.581. The normalized spacial score (nSPS) is 15.6. The van der Waals surface area contributed by atoms with Gasteiger partial charge in [-0.1, -0.05) is 29.8 Å². The molecule has 2 aromatic carbocycles. The Labute approximate surface area is 173 Å². The van der Waals surface area contributed by atoms with Crippen LogP contribution in [0.5, 0.6) is 5.75 Å². The number of hydrogen-bond donors (Lipinski definition) is 0. The fraction of sp³-hybridized carbons (Fsp3) is 0.318. The molecule has 2 heterocycles. The lowest BCUT2D eigenvalue weighted by molar-refractivity contribution is -0.119. The smallest absolute Gasteiger partial charge is 0.181 e. The molecule has 0 fully saturated rings. The number of ketones is 1. The lowest BCUT2D eigenvalue weighted by Gasteiger charge is -2.25. The molecule has 4 rings (SSSR count). The number of Topliss-reactive ketones (excluding diaryl/α,β-unsaturated/α-hetero) is 1. The number of aryl methyl sites for hydroxylation is 1. The van der Waals surface area contributed by atoms with E-state index in [9.17, 15) is 9.18 Å². The molecule has 29 heavy (non-hydrogen) atoms. The predicted octanol–water partition coefficient (Wildman–Crippen LogP) is 4.83. The summed E-state index contributed by atoms with van der Waals surface area (Å²) in [7, 11) is 0. The molecular formula is C22H21ClFN3O2. The van der Waals surface area contributed by atoms with Crippen LogP contribution in [0.4, 0.5) is 4.39 Å². The summed E-state index contributed by atoms with van der Waals surface area (Å²) in [6.45, 7) is 3.13. The molecule has 0 amide bonds. The summed E-state index contributed by atoms with van der Waals surface area (Å²) in [5.41, 5.74) is 1.62. The second kappa shape index (κ2) is 8.33. The standard InChI is InChI=1S/C22H21ClFN3O2/c1-2-27-21(25-22(26-27)15-7-8-18(23)19(24)12-15)13-16(28)11-14-9-10-29-20-6-4-3-5-17(14)20/h3-8,12,14H,2,9-11,13H2,1H3/t14-/m1/s1. The second-order valence-electron chi connectivity index (χ2n) is 7.09. The number of aromatic nitrogens is 3. The molecular weight excluding hydrogens is 393 g/mol. The van der Waals surface area contributed by atoms with Crippen LogP contribution in [-0.2, 0) is 17.8 Å². The average Bonchev–Trinajstić information content (AvgIpc) is 3.13. The monoisotopic (exact) mass is 413 g/mol. The Morgan fingerprint density at radius 2 is 2.14 bits per heavy atom. The van der Waals surface area contributed by atoms with Crippen molar-refractivity contribution in [1.82, 2.24) is 14.8 Å². The maximum absolute atomic E-state index is 13.8. The van der Waals surface area contributed by atoms with Gasteiger partial charge in [0.15, 0.2) is 5.82 Å². The molecule has 1 aromatic heterocycles. The molecule has 0 unspecified atom stereocenters. The zero-order valence-corrected chi connectivity index (χ0v) is 16.8. The minimum absolute atomic E-state index is 0.0517. The Morgan fingerprint density at radius 3 is 2.93 bits per heavy atom. The molecule has 0 bridgehead atoms. The Hall–Kier alpha value is -2.73. The van der Waals surface area contributed by atoms with Crippen molar-refractivity contribution >= 4 is 17.4 Å². The highest BCUT2D eigenvalue weighted by atomic mass is 35.5. The maximum atomic E-state index is 13.8. The molecule has 0 radical (unpaired) electrons. The Morgan fingerprint density at radius 1 is 1.31 bits per heavy atom. The van der Waals surface area contributed by atoms with Gasteiger partial charge in [0.05, 0.1) is 18.1 Å². The van der Waals surface area contributed by atoms with E-state index in [2.05, 4.69) is 10.1 Å². The highest BCUT2D eigenvalue weighted by Gasteiger charge is 2.24. The molecule has 1 aliphatic heterocycles. The van der Waals surface area contributed by atoms with E-state index in [1.807, 2.05) is 31.2 Å². The number of para-hydroxylation sites is 1. The van der Waals surface area contributed by atoms with Gasteiger partial charge in [-0.05, 0) is 49.1 Å². The molecule has 0 aliphatic carbocycles. The number of benzene rings is 2. The van der Waals surface area contributed by atoms with Gasteiger partial charge in [-0.15, -0.1) is 0 Å². The average molecular weight is 414 g/mol. The molecule has 7 heteroatoms. The Balaban J connectivity index is 1.51. The topological polar surface area (TPSA) is 57.0 Å². The van der Waals surface area contributed by atoms with Crippen LogP contribution < -0.4 is 4.74 Å². The first-order chi connectivity index (χ1) is 14.0. The zero-order chi connectivity index (χ0) is 20.4. The molecule has 0 N–H and O–H groups in total. The van der Waals surface area contributed by atoms with Gasteiger partial charge in [0.25, 0.3) is 0 Å². The minimum atomic E-state index is -0.521. The van der Waals surface area contributed by atoms with Crippen LogP contribution in [0.2, 0.25) is 5.02 Å². The van der Waals surface area contributed by atoms with Gasteiger partial charge in [0, 0.05) is 18.5 Å². The van der Waals surface area contributed by atoms with Gasteiger partial charge < -0.3 is 4.74 Å². The number of hydrogen-bond acceptors (Lipinski definition) is 4. The van der Waals surface area contributed by atoms with Gasteiger partial charge in [-0.25, -0.2) is 14.1 Å². The number of fused-ring (bicyclic) bond motifs is 1. The van der Waals surface area contributed by atoms with Crippen LogP contribution in [0.15, 0.2) is 42.5 Å². The molecule has 0 saturated heterocycles. The van der Waals surface area contributed by atoms with Crippen LogP contribution in [0.3, 0.4) is 0 Å². The summed E-state index contributed by atoms with van der Waals surface area (Å²) in [6.07, 6.45) is 1.44. The lowest BCUT2D eigenvalue weighted by Crippen LogP contribution is -2.19. The van der Waals surface area contributed by atoms with Gasteiger partial charge in [-0.2, -0.15) is 5.10 Å². The van der Waals surface area contributed by atoms with Crippen LogP contribution >= 0.6 is 11.6 Å². The predicted molar refractivity (Wildman–Crippen MR) is 109 cm³/mol. The SMILES string of the molecule is CCn1nc(-c2ccc(Cl)c(F)c2)nc1CC(=O)C[C@H]1CCOc2ccccc21. The number of nitrogens with zero attached hydrogens (tertiary/aromatic N) is 3. The Bertz CT molecular complexity index is 1050. The zero-order valence-electron chi connectivity index (χ0n) is 16.1. The van der Waals surface area contributed by atoms with Crippen molar-refractivity contribution in [3.8, 4) is 17.1 Å². The highest BCUT2D eigenvalue weighted by molar-refractivity contribution is 6.30. The third-order valence-corrected chi connectivity index (χ3v) is 5.44. The van der Waals surface area contributed by atoms with Crippen molar-refractivity contribution in [3.05, 3.63) is 64.7 Å². The van der Waals surface area contributed by atoms with Crippen molar-refractivity contribution in [2.75, 3.05) is 6.61 Å². The minimum Gasteiger partial charge on any atom is -0.493 e. The third kappa shape index (κ3) is 4.17. The molecule has 5 nitrogen and oxygen atoms in total. The molecule has 0 spiro atoms. The fourth-order valence-electron chi connectivity index (χ4n) is 3.67. The first kappa shape index (κ1) is 19.6. The largest absolute Gasteiger partial charge is 0.493 e. The summed E-state index contributed by atoms with van der Waals surface area (Å²) in [6, 6.07) is 12.3. The molecule has 1 atom stereocenters. The first-order valence-corrected chi connectivity index (χ1v) is 10.1. The van der Waals surface area contributed by atoms with Crippen molar-refractivity contribution in [2.24, 2.45) is 0 Å². The van der Waals surface area contributed by atoms with Crippen LogP contribution in [0.1, 0.15) is 37.1 Å². The summed E-state index contributed by atoms with van der Waals surface area (Å²) in [5.74, 6) is 1.57. The van der Waals surface area contributed by atoms with E-state index >= 15 is 0 Å². The van der Waals surface area contributed by atoms with Crippen LogP contribution in [0, 0.1) is 5.82 Å². The molecule has 0 saturated carbocycles. The van der Waals surface area contributed by atoms with Crippen molar-refractivity contribution in [1.29, 1.82) is 0 Å². The van der Waals surface area contributed by atoms with Gasteiger partial charge >= 0.3 is 0 Å². The van der Waals surface area contributed by atoms with E-state index in [4.69, 9.17) is 16.3 Å². The van der Waals surface area contributed by atoms with Crippen molar-refractivity contribution in [2.45, 2.75) is 38.6 Å². The molecule has 1 aliphatic rings. The number of rotatable bonds is 6. The summed E-state index contributed by atoms with van der Waals surface area (Å²) in [4.78, 5) is 17.3. The third-order valence-electron chi connectivity index (χ3n) is 5.14. The maximum Gasteiger partial charge on any atom is 0.181 e. The van der Waals surface area contributed by atoms with E-state index in [0.717, 1.165) is 17.7 Å². The summed E-state index contributed by atoms with van der Waals surface area (Å²) in [5, 5.41) is 4.48. The van der Waals surface area contributed by atoms with E-state index in [-0.39, 0.29) is 23.1 Å². The Kier molecular flexibility index (Phi) is 5.62. The summed E-state index contributed by atoms with van der Waals surface area (Å²) < 4.78 is 21.2. The van der Waals surface area contributed by atoms with Gasteiger partial charge in [0.1, 0.15) is 23.2 Å². The molecule has 150 valence electrons. The lowest BCUT2D eigenvalue weighted by atomic mass is 9.88. The highest BCUT2D eigenvalue weighted by Crippen LogP contribution is 2.35. The number of ether oxygens (including phenoxy) is 1. The van der Waals surface area contributed by atoms with Gasteiger partial charge in [0.2, 0.25) is 0 Å². The van der Waals surface area contributed by atoms with E-state index in [0.29, 0.717) is 36.8 Å². The van der Waals surface area contributed by atoms with E-state index < -0.39 is 5.82 Å².